The van der Waals surface area contributed by atoms with Crippen molar-refractivity contribution >= 4 is 52.9 Å². The number of hydrogen-bond acceptors (Lipinski definition) is 6. The number of rotatable bonds is 13. The smallest absolute Gasteiger partial charge is 0.335 e. The highest BCUT2D eigenvalue weighted by Gasteiger charge is 2.17. The third-order valence-corrected chi connectivity index (χ3v) is 8.25. The van der Waals surface area contributed by atoms with Crippen LogP contribution in [-0.2, 0) is 16.2 Å². The average Bonchev–Trinajstić information content (AvgIpc) is 3.12. The van der Waals surface area contributed by atoms with Crippen molar-refractivity contribution < 1.29 is 29.0 Å². The molecule has 0 fully saturated rings. The molecular weight excluding hydrogens is 639 g/mol. The molecule has 0 aromatic heterocycles. The van der Waals surface area contributed by atoms with Crippen LogP contribution in [0.2, 0.25) is 0 Å². The maximum Gasteiger partial charge on any atom is 0.335 e. The second-order valence-corrected chi connectivity index (χ2v) is 12.2. The summed E-state index contributed by atoms with van der Waals surface area (Å²) in [4.78, 5) is 51.3. The van der Waals surface area contributed by atoms with Gasteiger partial charge in [0.15, 0.2) is 0 Å². The molecule has 0 spiro atoms. The maximum atomic E-state index is 13.5. The second-order valence-electron chi connectivity index (χ2n) is 10.8. The fraction of sp³-hybridized carbons (Fsp3) is 0.0769. The minimum Gasteiger partial charge on any atom is -0.489 e. The molecule has 9 nitrogen and oxygen atoms in total. The first-order chi connectivity index (χ1) is 23.7. The molecule has 0 aliphatic rings. The molecule has 0 saturated carbocycles. The first-order valence-electron chi connectivity index (χ1n) is 15.3. The van der Waals surface area contributed by atoms with Gasteiger partial charge in [-0.3, -0.25) is 14.4 Å². The van der Waals surface area contributed by atoms with Gasteiger partial charge in [-0.15, -0.1) is 11.8 Å². The van der Waals surface area contributed by atoms with E-state index < -0.39 is 23.0 Å². The number of thioether (sulfide) groups is 1. The zero-order valence-electron chi connectivity index (χ0n) is 26.5. The van der Waals surface area contributed by atoms with Gasteiger partial charge in [0.1, 0.15) is 18.1 Å². The first-order valence-corrected chi connectivity index (χ1v) is 16.2. The number of nitrogens with one attached hydrogen (secondary N) is 3. The van der Waals surface area contributed by atoms with Gasteiger partial charge in [0.2, 0.25) is 5.91 Å². The Morgan fingerprint density at radius 3 is 2.06 bits per heavy atom. The SMILES string of the molecule is CC(Sc1ccc(NC(=O)/C(=C/c2ccc(OCc3ccccc3)cc2)NC(=O)c2ccccc2)cc1)C(=O)Nc1cccc(C(=O)O)c1. The molecule has 0 aliphatic carbocycles. The summed E-state index contributed by atoms with van der Waals surface area (Å²) >= 11 is 1.31. The highest BCUT2D eigenvalue weighted by atomic mass is 32.2. The average molecular weight is 672 g/mol. The lowest BCUT2D eigenvalue weighted by atomic mass is 10.1. The molecule has 0 bridgehead atoms. The Balaban J connectivity index is 1.24. The number of amides is 3. The molecule has 1 atom stereocenters. The van der Waals surface area contributed by atoms with E-state index in [1.807, 2.05) is 30.3 Å². The van der Waals surface area contributed by atoms with Gasteiger partial charge in [-0.1, -0.05) is 66.7 Å². The van der Waals surface area contributed by atoms with Gasteiger partial charge >= 0.3 is 5.97 Å². The molecule has 5 rings (SSSR count). The molecule has 49 heavy (non-hydrogen) atoms. The van der Waals surface area contributed by atoms with Crippen molar-refractivity contribution in [3.63, 3.8) is 0 Å². The predicted molar refractivity (Wildman–Crippen MR) is 192 cm³/mol. The van der Waals surface area contributed by atoms with Crippen LogP contribution >= 0.6 is 11.8 Å². The number of ether oxygens (including phenoxy) is 1. The Kier molecular flexibility index (Phi) is 11.6. The summed E-state index contributed by atoms with van der Waals surface area (Å²) in [6, 6.07) is 38.6. The zero-order valence-corrected chi connectivity index (χ0v) is 27.3. The van der Waals surface area contributed by atoms with Crippen molar-refractivity contribution in [2.24, 2.45) is 0 Å². The van der Waals surface area contributed by atoms with E-state index in [2.05, 4.69) is 16.0 Å². The van der Waals surface area contributed by atoms with Crippen LogP contribution < -0.4 is 20.7 Å². The Morgan fingerprint density at radius 1 is 0.735 bits per heavy atom. The van der Waals surface area contributed by atoms with Gasteiger partial charge in [0.25, 0.3) is 11.8 Å². The highest BCUT2D eigenvalue weighted by Crippen LogP contribution is 2.26. The molecule has 1 unspecified atom stereocenters. The molecule has 0 saturated heterocycles. The van der Waals surface area contributed by atoms with Crippen LogP contribution in [0.3, 0.4) is 0 Å². The molecule has 0 aliphatic heterocycles. The van der Waals surface area contributed by atoms with E-state index in [1.54, 1.807) is 104 Å². The van der Waals surface area contributed by atoms with Gasteiger partial charge in [0.05, 0.1) is 10.8 Å². The summed E-state index contributed by atoms with van der Waals surface area (Å²) in [6.07, 6.45) is 1.59. The van der Waals surface area contributed by atoms with Crippen molar-refractivity contribution in [3.8, 4) is 5.75 Å². The molecule has 5 aromatic carbocycles. The normalized spacial score (nSPS) is 11.6. The first kappa shape index (κ1) is 34.2. The number of carboxylic acid groups (broad SMARTS) is 1. The van der Waals surface area contributed by atoms with E-state index in [-0.39, 0.29) is 17.2 Å². The van der Waals surface area contributed by atoms with E-state index in [0.717, 1.165) is 10.5 Å². The van der Waals surface area contributed by atoms with Gasteiger partial charge < -0.3 is 25.8 Å². The van der Waals surface area contributed by atoms with Crippen LogP contribution in [0.5, 0.6) is 5.75 Å². The number of anilines is 2. The van der Waals surface area contributed by atoms with E-state index in [1.165, 1.54) is 23.9 Å². The number of carboxylic acids is 1. The van der Waals surface area contributed by atoms with E-state index in [0.29, 0.717) is 34.9 Å². The molecule has 0 radical (unpaired) electrons. The predicted octanol–water partition coefficient (Wildman–Crippen LogP) is 7.49. The van der Waals surface area contributed by atoms with Crippen LogP contribution in [0.25, 0.3) is 6.08 Å². The van der Waals surface area contributed by atoms with Crippen molar-refractivity contribution in [1.82, 2.24) is 5.32 Å². The van der Waals surface area contributed by atoms with Crippen LogP contribution in [0.1, 0.15) is 38.8 Å². The van der Waals surface area contributed by atoms with E-state index >= 15 is 0 Å². The molecular formula is C39H33N3O6S. The molecule has 246 valence electrons. The maximum absolute atomic E-state index is 13.5. The third-order valence-electron chi connectivity index (χ3n) is 7.14. The topological polar surface area (TPSA) is 134 Å². The molecule has 0 heterocycles. The highest BCUT2D eigenvalue weighted by molar-refractivity contribution is 8.00. The van der Waals surface area contributed by atoms with Gasteiger partial charge in [-0.05, 0) is 90.9 Å². The Morgan fingerprint density at radius 2 is 1.39 bits per heavy atom. The van der Waals surface area contributed by atoms with Crippen LogP contribution in [0.4, 0.5) is 11.4 Å². The second kappa shape index (κ2) is 16.6. The fourth-order valence-corrected chi connectivity index (χ4v) is 5.42. The molecule has 5 aromatic rings. The summed E-state index contributed by atoms with van der Waals surface area (Å²) in [5, 5.41) is 17.0. The lowest BCUT2D eigenvalue weighted by molar-refractivity contribution is -0.115. The zero-order chi connectivity index (χ0) is 34.6. The van der Waals surface area contributed by atoms with Crippen molar-refractivity contribution in [2.45, 2.75) is 23.7 Å². The van der Waals surface area contributed by atoms with Crippen LogP contribution in [-0.4, -0.2) is 34.0 Å². The largest absolute Gasteiger partial charge is 0.489 e. The van der Waals surface area contributed by atoms with Gasteiger partial charge in [-0.2, -0.15) is 0 Å². The van der Waals surface area contributed by atoms with Crippen molar-refractivity contribution in [2.75, 3.05) is 10.6 Å². The van der Waals surface area contributed by atoms with Crippen molar-refractivity contribution in [3.05, 3.63) is 161 Å². The number of aromatic carboxylic acids is 1. The van der Waals surface area contributed by atoms with Crippen LogP contribution in [0, 0.1) is 0 Å². The minimum absolute atomic E-state index is 0.0440. The monoisotopic (exact) mass is 671 g/mol. The van der Waals surface area contributed by atoms with E-state index in [9.17, 15) is 24.3 Å². The number of carbonyl (C=O) groups excluding carboxylic acids is 3. The molecule has 4 N–H and O–H groups in total. The standard InChI is InChI=1S/C39H33N3O6S/c1-26(36(43)41-32-14-8-13-30(24-32)39(46)47)49-34-21-17-31(18-22-34)40-38(45)35(42-37(44)29-11-6-3-7-12-29)23-27-15-19-33(20-16-27)48-25-28-9-4-2-5-10-28/h2-24,26H,25H2,1H3,(H,40,45)(H,41,43)(H,42,44)(H,46,47)/b35-23-. The number of benzene rings is 5. The third kappa shape index (κ3) is 10.2. The summed E-state index contributed by atoms with van der Waals surface area (Å²) in [6.45, 7) is 2.16. The molecule has 3 amide bonds. The van der Waals surface area contributed by atoms with Gasteiger partial charge in [-0.25, -0.2) is 4.79 Å². The Bertz CT molecular complexity index is 1950. The Hall–Kier alpha value is -6.13. The lowest BCUT2D eigenvalue weighted by Gasteiger charge is -2.14. The Labute approximate surface area is 288 Å². The summed E-state index contributed by atoms with van der Waals surface area (Å²) < 4.78 is 5.87. The fourth-order valence-electron chi connectivity index (χ4n) is 4.56. The van der Waals surface area contributed by atoms with Crippen molar-refractivity contribution in [1.29, 1.82) is 0 Å². The summed E-state index contributed by atoms with van der Waals surface area (Å²) in [5.41, 5.74) is 3.13. The number of carbonyl (C=O) groups is 4. The lowest BCUT2D eigenvalue weighted by Crippen LogP contribution is -2.30. The number of hydrogen-bond donors (Lipinski definition) is 4. The van der Waals surface area contributed by atoms with E-state index in [4.69, 9.17) is 4.74 Å². The minimum atomic E-state index is -1.08. The molecule has 10 heteroatoms. The quantitative estimate of drug-likeness (QED) is 0.0753. The summed E-state index contributed by atoms with van der Waals surface area (Å²) in [7, 11) is 0. The summed E-state index contributed by atoms with van der Waals surface area (Å²) in [5.74, 6) is -1.66. The van der Waals surface area contributed by atoms with Gasteiger partial charge in [0, 0.05) is 21.8 Å². The van der Waals surface area contributed by atoms with Crippen LogP contribution in [0.15, 0.2) is 144 Å².